The monoisotopic (exact) mass is 637 g/mol. The number of nitrogens with zero attached hydrogens (tertiary/aromatic N) is 1. The van der Waals surface area contributed by atoms with Crippen LogP contribution in [0.4, 0.5) is 0 Å². The van der Waals surface area contributed by atoms with Gasteiger partial charge in [-0.05, 0) is 48.4 Å². The maximum Gasteiger partial charge on any atom is 0.274 e. The second-order valence-corrected chi connectivity index (χ2v) is 12.0. The molecule has 2 heterocycles. The molecule has 1 fully saturated rings. The third-order valence-corrected chi connectivity index (χ3v) is 7.29. The van der Waals surface area contributed by atoms with E-state index in [0.29, 0.717) is 25.1 Å². The van der Waals surface area contributed by atoms with Gasteiger partial charge in [-0.1, -0.05) is 68.4 Å². The number of methoxy groups -OCH3 is 2. The maximum atomic E-state index is 13.4. The fourth-order valence-corrected chi connectivity index (χ4v) is 5.18. The lowest BCUT2D eigenvalue weighted by atomic mass is 9.91. The van der Waals surface area contributed by atoms with Crippen molar-refractivity contribution in [2.24, 2.45) is 11.8 Å². The van der Waals surface area contributed by atoms with E-state index in [9.17, 15) is 19.2 Å². The van der Waals surface area contributed by atoms with Crippen LogP contribution in [0.3, 0.4) is 0 Å². The molecule has 1 aliphatic heterocycles. The number of rotatable bonds is 13. The highest BCUT2D eigenvalue weighted by Gasteiger charge is 2.31. The van der Waals surface area contributed by atoms with E-state index in [1.807, 2.05) is 42.5 Å². The second-order valence-electron chi connectivity index (χ2n) is 12.0. The third kappa shape index (κ3) is 11.0. The van der Waals surface area contributed by atoms with Gasteiger partial charge >= 0.3 is 0 Å². The lowest BCUT2D eigenvalue weighted by Gasteiger charge is -2.30. The van der Waals surface area contributed by atoms with Gasteiger partial charge in [-0.25, -0.2) is 0 Å². The zero-order valence-electron chi connectivity index (χ0n) is 27.6. The molecule has 0 spiro atoms. The quantitative estimate of drug-likeness (QED) is 0.208. The first-order valence-corrected chi connectivity index (χ1v) is 15.6. The van der Waals surface area contributed by atoms with Crippen LogP contribution in [0, 0.1) is 18.8 Å². The first kappa shape index (κ1) is 36.2. The predicted octanol–water partition coefficient (Wildman–Crippen LogP) is 3.28. The van der Waals surface area contributed by atoms with Crippen molar-refractivity contribution in [2.45, 2.75) is 71.8 Å². The number of benzene rings is 2. The van der Waals surface area contributed by atoms with E-state index >= 15 is 0 Å². The van der Waals surface area contributed by atoms with E-state index in [4.69, 9.17) is 14.0 Å². The minimum Gasteiger partial charge on any atom is -0.361 e. The number of hydrogen-bond acceptors (Lipinski definition) is 8. The molecule has 4 rings (SSSR count). The molecule has 0 radical (unpaired) electrons. The van der Waals surface area contributed by atoms with Gasteiger partial charge in [0.1, 0.15) is 11.8 Å². The van der Waals surface area contributed by atoms with Crippen molar-refractivity contribution in [3.8, 4) is 0 Å². The van der Waals surface area contributed by atoms with Gasteiger partial charge in [-0.3, -0.25) is 19.2 Å². The fourth-order valence-electron chi connectivity index (χ4n) is 5.18. The van der Waals surface area contributed by atoms with Crippen molar-refractivity contribution >= 4 is 34.4 Å². The summed E-state index contributed by atoms with van der Waals surface area (Å²) in [6.07, 6.45) is 1.23. The van der Waals surface area contributed by atoms with Crippen molar-refractivity contribution < 1.29 is 33.2 Å². The lowest BCUT2D eigenvalue weighted by molar-refractivity contribution is -0.143. The number of aromatic nitrogens is 1. The van der Waals surface area contributed by atoms with Crippen molar-refractivity contribution in [1.82, 2.24) is 26.4 Å². The van der Waals surface area contributed by atoms with E-state index in [1.54, 1.807) is 6.92 Å². The highest BCUT2D eigenvalue weighted by Crippen LogP contribution is 2.21. The first-order valence-electron chi connectivity index (χ1n) is 15.6. The Morgan fingerprint density at radius 1 is 1.04 bits per heavy atom. The molecule has 12 nitrogen and oxygen atoms in total. The maximum absolute atomic E-state index is 13.4. The van der Waals surface area contributed by atoms with E-state index in [-0.39, 0.29) is 30.5 Å². The van der Waals surface area contributed by atoms with Gasteiger partial charge in [0.2, 0.25) is 17.7 Å². The van der Waals surface area contributed by atoms with Gasteiger partial charge in [0.25, 0.3) is 5.91 Å². The average molecular weight is 638 g/mol. The predicted molar refractivity (Wildman–Crippen MR) is 174 cm³/mol. The van der Waals surface area contributed by atoms with Crippen molar-refractivity contribution in [3.05, 3.63) is 65.5 Å². The topological polar surface area (TPSA) is 161 Å². The SMILES string of the molecule is CC(C)C.COC(OC)C(C[C@@H]1CCCNC1=O)NC(=O)CNC(=O)[C@H](Cc1cccc2ccccc12)NC(=O)c1cc(C)on1. The van der Waals surface area contributed by atoms with Gasteiger partial charge in [0, 0.05) is 39.2 Å². The Balaban J connectivity index is 0.00000136. The summed E-state index contributed by atoms with van der Waals surface area (Å²) in [5, 5.41) is 16.7. The summed E-state index contributed by atoms with van der Waals surface area (Å²) in [5.41, 5.74) is 0.893. The molecule has 1 aromatic heterocycles. The van der Waals surface area contributed by atoms with Crippen LogP contribution in [0.5, 0.6) is 0 Å². The molecule has 3 aromatic rings. The molecular weight excluding hydrogens is 590 g/mol. The summed E-state index contributed by atoms with van der Waals surface area (Å²) in [6.45, 7) is 8.43. The van der Waals surface area contributed by atoms with Crippen LogP contribution in [-0.4, -0.2) is 74.5 Å². The van der Waals surface area contributed by atoms with Gasteiger partial charge in [0.05, 0.1) is 12.6 Å². The van der Waals surface area contributed by atoms with Crippen molar-refractivity contribution in [2.75, 3.05) is 27.3 Å². The van der Waals surface area contributed by atoms with E-state index in [0.717, 1.165) is 28.7 Å². The van der Waals surface area contributed by atoms with Gasteiger partial charge in [0.15, 0.2) is 12.0 Å². The molecular formula is C34H47N5O7. The number of amides is 4. The molecule has 0 bridgehead atoms. The number of fused-ring (bicyclic) bond motifs is 1. The fraction of sp³-hybridized carbons (Fsp3) is 0.500. The smallest absolute Gasteiger partial charge is 0.274 e. The molecule has 46 heavy (non-hydrogen) atoms. The Morgan fingerprint density at radius 3 is 2.39 bits per heavy atom. The normalized spacial score (nSPS) is 15.8. The summed E-state index contributed by atoms with van der Waals surface area (Å²) in [5.74, 6) is -0.708. The number of carbonyl (C=O) groups excluding carboxylic acids is 4. The molecule has 4 amide bonds. The highest BCUT2D eigenvalue weighted by molar-refractivity contribution is 5.97. The molecule has 1 saturated heterocycles. The number of carbonyl (C=O) groups is 4. The van der Waals surface area contributed by atoms with Crippen LogP contribution < -0.4 is 21.3 Å². The minimum atomic E-state index is -1.01. The average Bonchev–Trinajstić information content (AvgIpc) is 3.47. The van der Waals surface area contributed by atoms with Crippen LogP contribution in [0.15, 0.2) is 53.1 Å². The zero-order chi connectivity index (χ0) is 33.6. The molecule has 3 atom stereocenters. The Morgan fingerprint density at radius 2 is 1.74 bits per heavy atom. The summed E-state index contributed by atoms with van der Waals surface area (Å²) < 4.78 is 15.8. The third-order valence-electron chi connectivity index (χ3n) is 7.29. The summed E-state index contributed by atoms with van der Waals surface area (Å²) in [6, 6.07) is 13.3. The summed E-state index contributed by atoms with van der Waals surface area (Å²) >= 11 is 0. The number of ether oxygens (including phenoxy) is 2. The van der Waals surface area contributed by atoms with Gasteiger partial charge in [-0.2, -0.15) is 0 Å². The number of piperidine rings is 1. The summed E-state index contributed by atoms with van der Waals surface area (Å²) in [4.78, 5) is 51.6. The molecule has 0 saturated carbocycles. The van der Waals surface area contributed by atoms with E-state index in [1.165, 1.54) is 20.3 Å². The van der Waals surface area contributed by atoms with Gasteiger partial charge in [-0.15, -0.1) is 0 Å². The Labute approximate surface area is 270 Å². The highest BCUT2D eigenvalue weighted by atomic mass is 16.7. The number of nitrogens with one attached hydrogen (secondary N) is 4. The largest absolute Gasteiger partial charge is 0.361 e. The Bertz CT molecular complexity index is 1440. The van der Waals surface area contributed by atoms with Gasteiger partial charge < -0.3 is 35.3 Å². The molecule has 12 heteroatoms. The van der Waals surface area contributed by atoms with Crippen molar-refractivity contribution in [1.29, 1.82) is 0 Å². The van der Waals surface area contributed by atoms with E-state index in [2.05, 4.69) is 47.2 Å². The Hall–Kier alpha value is -4.29. The lowest BCUT2D eigenvalue weighted by Crippen LogP contribution is -2.53. The summed E-state index contributed by atoms with van der Waals surface area (Å²) in [7, 11) is 2.90. The van der Waals surface area contributed by atoms with Crippen LogP contribution in [0.1, 0.15) is 61.8 Å². The molecule has 250 valence electrons. The van der Waals surface area contributed by atoms with Crippen molar-refractivity contribution in [3.63, 3.8) is 0 Å². The Kier molecular flexibility index (Phi) is 14.2. The molecule has 1 unspecified atom stereocenters. The number of hydrogen-bond donors (Lipinski definition) is 4. The second kappa shape index (κ2) is 18.0. The molecule has 4 N–H and O–H groups in total. The molecule has 0 aliphatic carbocycles. The van der Waals surface area contributed by atoms with E-state index < -0.39 is 36.1 Å². The van der Waals surface area contributed by atoms with Crippen LogP contribution in [0.2, 0.25) is 0 Å². The first-order chi connectivity index (χ1) is 22.0. The number of aryl methyl sites for hydroxylation is 1. The molecule has 2 aromatic carbocycles. The molecule has 1 aliphatic rings. The van der Waals surface area contributed by atoms with Crippen LogP contribution in [0.25, 0.3) is 10.8 Å². The van der Waals surface area contributed by atoms with Crippen LogP contribution in [-0.2, 0) is 30.3 Å². The zero-order valence-corrected chi connectivity index (χ0v) is 27.6. The minimum absolute atomic E-state index is 0.0423. The van der Waals surface area contributed by atoms with Crippen LogP contribution >= 0.6 is 0 Å². The standard InChI is InChI=1S/C30H37N5O7.C4H10/c1-18-14-24(35-42-18)29(39)34-23(15-20-10-6-9-19-8-4-5-12-22(19)20)28(38)32-17-26(36)33-25(30(40-2)41-3)16-21-11-7-13-31-27(21)37;1-4(2)3/h4-6,8-10,12,14,21,23,25,30H,7,11,13,15-17H2,1-3H3,(H,31,37)(H,32,38)(H,33,36)(H,34,39);4H,1-3H3/t21-,23-,25?;/m0./s1.